The lowest BCUT2D eigenvalue weighted by Gasteiger charge is -2.27. The van der Waals surface area contributed by atoms with Crippen LogP contribution in [0.2, 0.25) is 0 Å². The van der Waals surface area contributed by atoms with Crippen molar-refractivity contribution in [3.63, 3.8) is 0 Å². The van der Waals surface area contributed by atoms with Gasteiger partial charge < -0.3 is 9.84 Å². The van der Waals surface area contributed by atoms with Gasteiger partial charge in [-0.1, -0.05) is 91.4 Å². The van der Waals surface area contributed by atoms with Gasteiger partial charge >= 0.3 is 11.9 Å². The zero-order chi connectivity index (χ0) is 23.6. The zero-order valence-electron chi connectivity index (χ0n) is 21.4. The minimum Gasteiger partial charge on any atom is -0.481 e. The maximum Gasteiger partial charge on any atom is 0.309 e. The van der Waals surface area contributed by atoms with Crippen LogP contribution in [-0.2, 0) is 14.3 Å². The Morgan fingerprint density at radius 1 is 0.719 bits per heavy atom. The van der Waals surface area contributed by atoms with E-state index in [0.29, 0.717) is 25.7 Å². The molecule has 0 radical (unpaired) electrons. The average Bonchev–Trinajstić information content (AvgIpc) is 2.77. The van der Waals surface area contributed by atoms with E-state index in [1.165, 1.54) is 70.6 Å². The summed E-state index contributed by atoms with van der Waals surface area (Å²) in [7, 11) is 0. The van der Waals surface area contributed by atoms with Crippen LogP contribution in [0.5, 0.6) is 0 Å². The van der Waals surface area contributed by atoms with Gasteiger partial charge in [0.25, 0.3) is 0 Å². The fourth-order valence-electron chi connectivity index (χ4n) is 4.88. The molecular weight excluding hydrogens is 400 g/mol. The fraction of sp³-hybridized carbons (Fsp3) is 0.929. The number of aliphatic carboxylic acids is 1. The highest BCUT2D eigenvalue weighted by Gasteiger charge is 2.31. The molecule has 0 saturated heterocycles. The summed E-state index contributed by atoms with van der Waals surface area (Å²) in [6.45, 7) is 6.82. The first-order valence-electron chi connectivity index (χ1n) is 13.9. The van der Waals surface area contributed by atoms with Gasteiger partial charge in [-0.25, -0.2) is 0 Å². The Balaban J connectivity index is 2.34. The summed E-state index contributed by atoms with van der Waals surface area (Å²) in [6.07, 6.45) is 21.1. The second-order valence-electron chi connectivity index (χ2n) is 10.6. The molecule has 4 nitrogen and oxygen atoms in total. The van der Waals surface area contributed by atoms with Crippen LogP contribution in [0.4, 0.5) is 0 Å². The van der Waals surface area contributed by atoms with Crippen LogP contribution >= 0.6 is 0 Å². The first-order valence-corrected chi connectivity index (χ1v) is 13.9. The molecule has 1 N–H and O–H groups in total. The Kier molecular flexibility index (Phi) is 16.6. The molecule has 1 rings (SSSR count). The summed E-state index contributed by atoms with van der Waals surface area (Å²) in [6, 6.07) is 0. The van der Waals surface area contributed by atoms with Crippen LogP contribution in [0.15, 0.2) is 0 Å². The maximum absolute atomic E-state index is 12.8. The van der Waals surface area contributed by atoms with Gasteiger partial charge in [-0.15, -0.1) is 0 Å². The molecule has 0 bridgehead atoms. The predicted molar refractivity (Wildman–Crippen MR) is 133 cm³/mol. The second-order valence-corrected chi connectivity index (χ2v) is 10.6. The summed E-state index contributed by atoms with van der Waals surface area (Å²) in [5.41, 5.74) is 0. The van der Waals surface area contributed by atoms with Crippen molar-refractivity contribution in [2.75, 3.05) is 0 Å². The Morgan fingerprint density at radius 3 is 1.62 bits per heavy atom. The number of esters is 1. The lowest BCUT2D eigenvalue weighted by molar-refractivity contribution is -0.158. The van der Waals surface area contributed by atoms with Gasteiger partial charge in [0, 0.05) is 0 Å². The third-order valence-corrected chi connectivity index (χ3v) is 7.13. The molecule has 0 aromatic rings. The van der Waals surface area contributed by atoms with Gasteiger partial charge in [0.1, 0.15) is 6.10 Å². The summed E-state index contributed by atoms with van der Waals surface area (Å²) >= 11 is 0. The number of carboxylic acids is 1. The molecule has 188 valence electrons. The van der Waals surface area contributed by atoms with Crippen LogP contribution in [-0.4, -0.2) is 23.1 Å². The van der Waals surface area contributed by atoms with Gasteiger partial charge in [-0.3, -0.25) is 9.59 Å². The third kappa shape index (κ3) is 14.2. The summed E-state index contributed by atoms with van der Waals surface area (Å²) in [5, 5.41) is 9.18. The Morgan fingerprint density at radius 2 is 1.16 bits per heavy atom. The van der Waals surface area contributed by atoms with Gasteiger partial charge in [0.15, 0.2) is 0 Å². The van der Waals surface area contributed by atoms with Crippen LogP contribution in [0.3, 0.4) is 0 Å². The lowest BCUT2D eigenvalue weighted by Crippen LogP contribution is -2.29. The third-order valence-electron chi connectivity index (χ3n) is 7.13. The Bertz CT molecular complexity index is 480. The Labute approximate surface area is 198 Å². The van der Waals surface area contributed by atoms with E-state index >= 15 is 0 Å². The largest absolute Gasteiger partial charge is 0.481 e. The van der Waals surface area contributed by atoms with Crippen molar-refractivity contribution >= 4 is 11.9 Å². The molecule has 0 amide bonds. The lowest BCUT2D eigenvalue weighted by atomic mass is 9.82. The van der Waals surface area contributed by atoms with Crippen molar-refractivity contribution < 1.29 is 19.4 Å². The van der Waals surface area contributed by atoms with Gasteiger partial charge in [0.2, 0.25) is 0 Å². The molecule has 1 unspecified atom stereocenters. The molecular formula is C28H52O4. The van der Waals surface area contributed by atoms with Crippen molar-refractivity contribution in [3.05, 3.63) is 0 Å². The maximum atomic E-state index is 12.8. The van der Waals surface area contributed by atoms with E-state index in [0.717, 1.165) is 31.6 Å². The van der Waals surface area contributed by atoms with Gasteiger partial charge in [-0.2, -0.15) is 0 Å². The van der Waals surface area contributed by atoms with Crippen molar-refractivity contribution in [1.82, 2.24) is 0 Å². The molecule has 1 fully saturated rings. The number of hydrogen-bond donors (Lipinski definition) is 1. The van der Waals surface area contributed by atoms with E-state index in [9.17, 15) is 14.7 Å². The van der Waals surface area contributed by atoms with Crippen LogP contribution in [0.25, 0.3) is 0 Å². The van der Waals surface area contributed by atoms with Crippen LogP contribution < -0.4 is 0 Å². The quantitative estimate of drug-likeness (QED) is 0.158. The monoisotopic (exact) mass is 452 g/mol. The summed E-state index contributed by atoms with van der Waals surface area (Å²) < 4.78 is 6.00. The standard InChI is InChI=1S/C28H52O4/c1-4-5-6-7-8-11-14-17-26(18-15-12-9-10-13-16-23(2)3)32-28(31)25-21-19-24(20-22-25)27(29)30/h23-26H,4-22H2,1-3H3,(H,29,30). The van der Waals surface area contributed by atoms with E-state index in [4.69, 9.17) is 4.74 Å². The van der Waals surface area contributed by atoms with Crippen molar-refractivity contribution in [3.8, 4) is 0 Å². The van der Waals surface area contributed by atoms with E-state index in [1.807, 2.05) is 0 Å². The number of ether oxygens (including phenoxy) is 1. The second kappa shape index (κ2) is 18.4. The SMILES string of the molecule is CCCCCCCCCC(CCCCCCCC(C)C)OC(=O)C1CCC(C(=O)O)CC1. The normalized spacial score (nSPS) is 19.8. The summed E-state index contributed by atoms with van der Waals surface area (Å²) in [4.78, 5) is 23.9. The van der Waals surface area contributed by atoms with Crippen molar-refractivity contribution in [2.45, 2.75) is 149 Å². The Hall–Kier alpha value is -1.06. The molecule has 4 heteroatoms. The highest BCUT2D eigenvalue weighted by atomic mass is 16.5. The van der Waals surface area contributed by atoms with Crippen molar-refractivity contribution in [2.24, 2.45) is 17.8 Å². The highest BCUT2D eigenvalue weighted by molar-refractivity contribution is 5.74. The number of hydrogen-bond acceptors (Lipinski definition) is 3. The molecule has 0 aromatic heterocycles. The zero-order valence-corrected chi connectivity index (χ0v) is 21.4. The molecule has 0 aliphatic heterocycles. The van der Waals surface area contributed by atoms with Gasteiger partial charge in [0.05, 0.1) is 11.8 Å². The number of unbranched alkanes of at least 4 members (excludes halogenated alkanes) is 10. The van der Waals surface area contributed by atoms with Crippen LogP contribution in [0, 0.1) is 17.8 Å². The molecule has 0 aromatic carbocycles. The van der Waals surface area contributed by atoms with Crippen molar-refractivity contribution in [1.29, 1.82) is 0 Å². The van der Waals surface area contributed by atoms with E-state index in [-0.39, 0.29) is 23.9 Å². The number of rotatable bonds is 19. The predicted octanol–water partition coefficient (Wildman–Crippen LogP) is 8.32. The molecule has 1 atom stereocenters. The molecule has 32 heavy (non-hydrogen) atoms. The molecule has 1 aliphatic rings. The summed E-state index contributed by atoms with van der Waals surface area (Å²) in [5.74, 6) is -0.372. The fourth-order valence-corrected chi connectivity index (χ4v) is 4.88. The van der Waals surface area contributed by atoms with E-state index in [2.05, 4.69) is 20.8 Å². The molecule has 1 aliphatic carbocycles. The topological polar surface area (TPSA) is 63.6 Å². The smallest absolute Gasteiger partial charge is 0.309 e. The minimum atomic E-state index is -0.720. The van der Waals surface area contributed by atoms with E-state index < -0.39 is 5.97 Å². The first kappa shape index (κ1) is 29.0. The van der Waals surface area contributed by atoms with Crippen LogP contribution in [0.1, 0.15) is 143 Å². The first-order chi connectivity index (χ1) is 15.4. The number of carboxylic acid groups (broad SMARTS) is 1. The number of carbonyl (C=O) groups excluding carboxylic acids is 1. The minimum absolute atomic E-state index is 0.0472. The van der Waals surface area contributed by atoms with E-state index in [1.54, 1.807) is 0 Å². The molecule has 0 spiro atoms. The highest BCUT2D eigenvalue weighted by Crippen LogP contribution is 2.30. The average molecular weight is 453 g/mol. The molecule has 0 heterocycles. The van der Waals surface area contributed by atoms with Gasteiger partial charge in [-0.05, 0) is 57.3 Å². The molecule has 1 saturated carbocycles. The number of carbonyl (C=O) groups is 2.